The second-order valence-corrected chi connectivity index (χ2v) is 5.03. The molecule has 5 nitrogen and oxygen atoms in total. The Morgan fingerprint density at radius 3 is 2.57 bits per heavy atom. The van der Waals surface area contributed by atoms with Crippen molar-refractivity contribution in [3.8, 4) is 0 Å². The van der Waals surface area contributed by atoms with Gasteiger partial charge in [-0.1, -0.05) is 6.07 Å². The summed E-state index contributed by atoms with van der Waals surface area (Å²) in [5.74, 6) is 1.74. The highest BCUT2D eigenvalue weighted by Crippen LogP contribution is 2.18. The van der Waals surface area contributed by atoms with Crippen LogP contribution in [0.1, 0.15) is 11.4 Å². The molecule has 0 atom stereocenters. The number of hydrogen-bond donors (Lipinski definition) is 2. The van der Waals surface area contributed by atoms with Crippen molar-refractivity contribution in [2.45, 2.75) is 13.5 Å². The lowest BCUT2D eigenvalue weighted by Crippen LogP contribution is -2.05. The van der Waals surface area contributed by atoms with Crippen molar-refractivity contribution < 1.29 is 4.39 Å². The summed E-state index contributed by atoms with van der Waals surface area (Å²) in [4.78, 5) is 12.8. The molecule has 0 aliphatic rings. The summed E-state index contributed by atoms with van der Waals surface area (Å²) in [5, 5.41) is 6.39. The van der Waals surface area contributed by atoms with E-state index in [1.165, 1.54) is 12.1 Å². The highest BCUT2D eigenvalue weighted by molar-refractivity contribution is 5.59. The lowest BCUT2D eigenvalue weighted by atomic mass is 10.3. The van der Waals surface area contributed by atoms with Gasteiger partial charge in [0.05, 0.1) is 0 Å². The third kappa shape index (κ3) is 4.23. The van der Waals surface area contributed by atoms with Crippen molar-refractivity contribution in [1.29, 1.82) is 0 Å². The van der Waals surface area contributed by atoms with Gasteiger partial charge < -0.3 is 10.6 Å². The van der Waals surface area contributed by atoms with E-state index in [0.717, 1.165) is 11.3 Å². The third-order valence-electron chi connectivity index (χ3n) is 3.15. The summed E-state index contributed by atoms with van der Waals surface area (Å²) in [6.45, 7) is 2.45. The zero-order chi connectivity index (χ0) is 16.1. The summed E-state index contributed by atoms with van der Waals surface area (Å²) >= 11 is 0. The number of aryl methyl sites for hydroxylation is 1. The van der Waals surface area contributed by atoms with E-state index in [2.05, 4.69) is 25.6 Å². The number of aromatic nitrogens is 3. The molecule has 0 spiro atoms. The van der Waals surface area contributed by atoms with Crippen LogP contribution in [0.3, 0.4) is 0 Å². The molecule has 0 aliphatic heterocycles. The largest absolute Gasteiger partial charge is 0.366 e. The van der Waals surface area contributed by atoms with Gasteiger partial charge in [0.25, 0.3) is 0 Å². The van der Waals surface area contributed by atoms with Crippen molar-refractivity contribution in [3.05, 3.63) is 72.1 Å². The summed E-state index contributed by atoms with van der Waals surface area (Å²) in [5.41, 5.74) is 1.83. The Labute approximate surface area is 133 Å². The molecule has 0 aliphatic carbocycles. The van der Waals surface area contributed by atoms with Crippen LogP contribution in [0.25, 0.3) is 0 Å². The molecule has 23 heavy (non-hydrogen) atoms. The summed E-state index contributed by atoms with van der Waals surface area (Å²) in [6.07, 6.45) is 3.54. The Balaban J connectivity index is 1.72. The van der Waals surface area contributed by atoms with E-state index in [0.29, 0.717) is 24.0 Å². The first-order valence-corrected chi connectivity index (χ1v) is 7.20. The zero-order valence-electron chi connectivity index (χ0n) is 12.6. The van der Waals surface area contributed by atoms with Crippen LogP contribution in [0.5, 0.6) is 0 Å². The molecule has 0 saturated heterocycles. The van der Waals surface area contributed by atoms with Gasteiger partial charge in [0.2, 0.25) is 0 Å². The topological polar surface area (TPSA) is 62.7 Å². The van der Waals surface area contributed by atoms with Gasteiger partial charge in [-0.15, -0.1) is 0 Å². The second kappa shape index (κ2) is 6.83. The van der Waals surface area contributed by atoms with Gasteiger partial charge in [-0.2, -0.15) is 0 Å². The molecule has 3 aromatic rings. The van der Waals surface area contributed by atoms with Crippen LogP contribution >= 0.6 is 0 Å². The number of hydrogen-bond acceptors (Lipinski definition) is 5. The molecule has 3 rings (SSSR count). The van der Waals surface area contributed by atoms with Gasteiger partial charge in [-0.25, -0.2) is 14.4 Å². The summed E-state index contributed by atoms with van der Waals surface area (Å²) in [7, 11) is 0. The fraction of sp³-hybridized carbons (Fsp3) is 0.118. The summed E-state index contributed by atoms with van der Waals surface area (Å²) < 4.78 is 12.9. The Bertz CT molecular complexity index is 775. The summed E-state index contributed by atoms with van der Waals surface area (Å²) in [6, 6.07) is 11.8. The average molecular weight is 309 g/mol. The van der Waals surface area contributed by atoms with Crippen molar-refractivity contribution in [2.24, 2.45) is 0 Å². The van der Waals surface area contributed by atoms with E-state index in [1.54, 1.807) is 24.5 Å². The average Bonchev–Trinajstić information content (AvgIpc) is 2.56. The van der Waals surface area contributed by atoms with Gasteiger partial charge in [-0.3, -0.25) is 4.98 Å². The van der Waals surface area contributed by atoms with E-state index in [1.807, 2.05) is 25.1 Å². The van der Waals surface area contributed by atoms with E-state index in [9.17, 15) is 4.39 Å². The molecule has 116 valence electrons. The predicted octanol–water partition coefficient (Wildman–Crippen LogP) is 3.67. The molecule has 2 heterocycles. The Hall–Kier alpha value is -3.02. The van der Waals surface area contributed by atoms with E-state index >= 15 is 0 Å². The number of halogens is 1. The molecule has 0 fully saturated rings. The Morgan fingerprint density at radius 2 is 1.83 bits per heavy atom. The van der Waals surface area contributed by atoms with E-state index in [4.69, 9.17) is 0 Å². The van der Waals surface area contributed by atoms with Crippen LogP contribution < -0.4 is 10.6 Å². The van der Waals surface area contributed by atoms with Crippen molar-refractivity contribution >= 4 is 17.3 Å². The van der Waals surface area contributed by atoms with Gasteiger partial charge in [0, 0.05) is 30.7 Å². The first-order valence-electron chi connectivity index (χ1n) is 7.20. The number of nitrogens with zero attached hydrogens (tertiary/aromatic N) is 3. The van der Waals surface area contributed by atoms with Gasteiger partial charge in [-0.05, 0) is 42.8 Å². The normalized spacial score (nSPS) is 10.3. The quantitative estimate of drug-likeness (QED) is 0.753. The van der Waals surface area contributed by atoms with Gasteiger partial charge in [0.15, 0.2) is 0 Å². The number of pyridine rings is 1. The molecule has 0 radical (unpaired) electrons. The number of benzene rings is 1. The van der Waals surface area contributed by atoms with Crippen LogP contribution in [0, 0.1) is 12.7 Å². The fourth-order valence-corrected chi connectivity index (χ4v) is 2.10. The molecule has 1 aromatic carbocycles. The first kappa shape index (κ1) is 14.9. The molecular weight excluding hydrogens is 293 g/mol. The molecule has 0 unspecified atom stereocenters. The monoisotopic (exact) mass is 309 g/mol. The minimum atomic E-state index is -0.270. The van der Waals surface area contributed by atoms with Crippen LogP contribution in [-0.4, -0.2) is 15.0 Å². The maximum absolute atomic E-state index is 12.9. The van der Waals surface area contributed by atoms with Crippen LogP contribution in [-0.2, 0) is 6.54 Å². The van der Waals surface area contributed by atoms with Crippen molar-refractivity contribution in [2.75, 3.05) is 10.6 Å². The maximum atomic E-state index is 12.9. The number of rotatable bonds is 5. The molecular formula is C17H16FN5. The minimum absolute atomic E-state index is 0.270. The lowest BCUT2D eigenvalue weighted by molar-refractivity contribution is 0.628. The van der Waals surface area contributed by atoms with E-state index in [-0.39, 0.29) is 5.82 Å². The minimum Gasteiger partial charge on any atom is -0.366 e. The lowest BCUT2D eigenvalue weighted by Gasteiger charge is -2.10. The smallest absolute Gasteiger partial charge is 0.136 e. The molecule has 2 N–H and O–H groups in total. The molecule has 0 saturated carbocycles. The van der Waals surface area contributed by atoms with Gasteiger partial charge in [0.1, 0.15) is 23.3 Å². The molecule has 0 amide bonds. The molecule has 2 aromatic heterocycles. The Kier molecular flexibility index (Phi) is 4.42. The van der Waals surface area contributed by atoms with Crippen LogP contribution in [0.15, 0.2) is 54.9 Å². The maximum Gasteiger partial charge on any atom is 0.136 e. The van der Waals surface area contributed by atoms with Crippen molar-refractivity contribution in [3.63, 3.8) is 0 Å². The highest BCUT2D eigenvalue weighted by atomic mass is 19.1. The van der Waals surface area contributed by atoms with Crippen LogP contribution in [0.2, 0.25) is 0 Å². The van der Waals surface area contributed by atoms with Crippen LogP contribution in [0.4, 0.5) is 21.7 Å². The zero-order valence-corrected chi connectivity index (χ0v) is 12.6. The molecule has 6 heteroatoms. The van der Waals surface area contributed by atoms with Gasteiger partial charge >= 0.3 is 0 Å². The first-order chi connectivity index (χ1) is 11.2. The fourth-order valence-electron chi connectivity index (χ4n) is 2.10. The predicted molar refractivity (Wildman–Crippen MR) is 88.0 cm³/mol. The second-order valence-electron chi connectivity index (χ2n) is 5.03. The standard InChI is InChI=1S/C17H16FN5/c1-12-21-16(20-11-13-3-2-8-19-10-13)9-17(22-12)23-15-6-4-14(18)5-7-15/h2-10H,11H2,1H3,(H2,20,21,22,23). The number of anilines is 3. The SMILES string of the molecule is Cc1nc(NCc2cccnc2)cc(Nc2ccc(F)cc2)n1. The highest BCUT2D eigenvalue weighted by Gasteiger charge is 2.03. The molecule has 0 bridgehead atoms. The van der Waals surface area contributed by atoms with Crippen molar-refractivity contribution in [1.82, 2.24) is 15.0 Å². The number of nitrogens with one attached hydrogen (secondary N) is 2. The Morgan fingerprint density at radius 1 is 1.04 bits per heavy atom. The third-order valence-corrected chi connectivity index (χ3v) is 3.15. The van der Waals surface area contributed by atoms with E-state index < -0.39 is 0 Å².